The molecule has 0 amide bonds. The minimum atomic E-state index is -0.677. The van der Waals surface area contributed by atoms with Crippen LogP contribution in [0.4, 0.5) is 17.1 Å². The van der Waals surface area contributed by atoms with E-state index in [0.29, 0.717) is 66.0 Å². The maximum Gasteiger partial charge on any atom is 0.299 e. The van der Waals surface area contributed by atoms with Crippen molar-refractivity contribution in [3.8, 4) is 0 Å². The van der Waals surface area contributed by atoms with E-state index < -0.39 is 9.85 Å². The van der Waals surface area contributed by atoms with E-state index in [4.69, 9.17) is 23.7 Å². The largest absolute Gasteiger partial charge is 0.377 e. The Kier molecular flexibility index (Phi) is 14.0. The summed E-state index contributed by atoms with van der Waals surface area (Å²) in [4.78, 5) is 20.4. The summed E-state index contributed by atoms with van der Waals surface area (Å²) in [7, 11) is 0. The van der Waals surface area contributed by atoms with E-state index in [0.717, 1.165) is 6.07 Å². The molecule has 0 atom stereocenters. The first-order valence-electron chi connectivity index (χ1n) is 10.0. The lowest BCUT2D eigenvalue weighted by atomic mass is 10.2. The molecule has 0 aliphatic heterocycles. The molecule has 1 aromatic carbocycles. The van der Waals surface area contributed by atoms with E-state index in [1.165, 1.54) is 12.1 Å². The van der Waals surface area contributed by atoms with Crippen molar-refractivity contribution in [1.29, 1.82) is 0 Å². The highest BCUT2D eigenvalue weighted by Gasteiger charge is 2.18. The third-order valence-corrected chi connectivity index (χ3v) is 3.75. The van der Waals surface area contributed by atoms with Crippen LogP contribution in [0.3, 0.4) is 0 Å². The standard InChI is InChI=1S/C19H31N3O9/c1-16(2)31-14-13-30-12-11-29-10-9-28-8-7-27-6-5-20-18-4-3-17(21(23)24)15-19(18)22(25)26/h3-4,15-16,20H,5-14H2,1-2H3. The van der Waals surface area contributed by atoms with Gasteiger partial charge >= 0.3 is 0 Å². The van der Waals surface area contributed by atoms with Gasteiger partial charge in [-0.2, -0.15) is 0 Å². The van der Waals surface area contributed by atoms with Crippen molar-refractivity contribution >= 4 is 17.1 Å². The molecule has 12 heteroatoms. The van der Waals surface area contributed by atoms with Gasteiger partial charge in [0.1, 0.15) is 5.69 Å². The van der Waals surface area contributed by atoms with E-state index >= 15 is 0 Å². The number of nitrogens with one attached hydrogen (secondary N) is 1. The summed E-state index contributed by atoms with van der Waals surface area (Å²) >= 11 is 0. The van der Waals surface area contributed by atoms with E-state index in [2.05, 4.69) is 5.32 Å². The minimum Gasteiger partial charge on any atom is -0.377 e. The molecule has 0 spiro atoms. The molecule has 0 saturated heterocycles. The molecule has 1 N–H and O–H groups in total. The monoisotopic (exact) mass is 445 g/mol. The summed E-state index contributed by atoms with van der Waals surface area (Å²) in [5.41, 5.74) is -0.491. The van der Waals surface area contributed by atoms with Gasteiger partial charge in [-0.05, 0) is 19.9 Å². The van der Waals surface area contributed by atoms with Gasteiger partial charge in [-0.25, -0.2) is 0 Å². The molecule has 0 aliphatic carbocycles. The zero-order valence-corrected chi connectivity index (χ0v) is 17.9. The van der Waals surface area contributed by atoms with Gasteiger partial charge in [-0.15, -0.1) is 0 Å². The van der Waals surface area contributed by atoms with E-state index in [1.807, 2.05) is 13.8 Å². The molecule has 0 aromatic heterocycles. The number of hydrogen-bond donors (Lipinski definition) is 1. The summed E-state index contributed by atoms with van der Waals surface area (Å²) in [6.07, 6.45) is 0.203. The molecule has 1 aromatic rings. The molecule has 0 saturated carbocycles. The second-order valence-corrected chi connectivity index (χ2v) is 6.51. The maximum atomic E-state index is 11.1. The van der Waals surface area contributed by atoms with E-state index in [-0.39, 0.29) is 23.2 Å². The van der Waals surface area contributed by atoms with Gasteiger partial charge in [-0.1, -0.05) is 0 Å². The van der Waals surface area contributed by atoms with Crippen molar-refractivity contribution in [2.24, 2.45) is 0 Å². The van der Waals surface area contributed by atoms with Crippen molar-refractivity contribution in [3.63, 3.8) is 0 Å². The van der Waals surface area contributed by atoms with Gasteiger partial charge in [0, 0.05) is 12.6 Å². The first-order valence-corrected chi connectivity index (χ1v) is 10.0. The van der Waals surface area contributed by atoms with Crippen molar-refractivity contribution in [1.82, 2.24) is 0 Å². The van der Waals surface area contributed by atoms with E-state index in [9.17, 15) is 20.2 Å². The minimum absolute atomic E-state index is 0.198. The highest BCUT2D eigenvalue weighted by atomic mass is 16.6. The molecule has 0 fully saturated rings. The summed E-state index contributed by atoms with van der Waals surface area (Å²) < 4.78 is 26.8. The number of nitro benzene ring substituents is 2. The quantitative estimate of drug-likeness (QED) is 0.191. The zero-order chi connectivity index (χ0) is 22.9. The summed E-state index contributed by atoms with van der Waals surface area (Å²) in [5.74, 6) is 0. The normalized spacial score (nSPS) is 11.1. The number of rotatable bonds is 19. The van der Waals surface area contributed by atoms with Crippen LogP contribution in [-0.4, -0.2) is 82.0 Å². The summed E-state index contributed by atoms with van der Waals surface area (Å²) in [5, 5.41) is 24.6. The Morgan fingerprint density at radius 2 is 1.32 bits per heavy atom. The topological polar surface area (TPSA) is 144 Å². The molecule has 0 radical (unpaired) electrons. The molecular weight excluding hydrogens is 414 g/mol. The third-order valence-electron chi connectivity index (χ3n) is 3.75. The SMILES string of the molecule is CC(C)OCCOCCOCCOCCOCCNc1ccc([N+](=O)[O-])cc1[N+](=O)[O-]. The molecule has 0 bridgehead atoms. The average Bonchev–Trinajstić information content (AvgIpc) is 2.73. The molecule has 0 aliphatic rings. The highest BCUT2D eigenvalue weighted by Crippen LogP contribution is 2.28. The Hall–Kier alpha value is -2.38. The Balaban J connectivity index is 1.98. The van der Waals surface area contributed by atoms with Gasteiger partial charge in [0.25, 0.3) is 11.4 Å². The molecule has 0 heterocycles. The van der Waals surface area contributed by atoms with Gasteiger partial charge < -0.3 is 29.0 Å². The number of nitro groups is 2. The van der Waals surface area contributed by atoms with E-state index in [1.54, 1.807) is 0 Å². The number of ether oxygens (including phenoxy) is 5. The van der Waals surface area contributed by atoms with Crippen molar-refractivity contribution in [2.75, 3.05) is 71.3 Å². The maximum absolute atomic E-state index is 11.1. The molecule has 0 unspecified atom stereocenters. The Morgan fingerprint density at radius 1 is 0.806 bits per heavy atom. The number of anilines is 1. The summed E-state index contributed by atoms with van der Waals surface area (Å²) in [6.45, 7) is 8.31. The molecular formula is C19H31N3O9. The first-order chi connectivity index (χ1) is 14.9. The lowest BCUT2D eigenvalue weighted by Gasteiger charge is -2.09. The van der Waals surface area contributed by atoms with Crippen LogP contribution in [0.2, 0.25) is 0 Å². The Labute approximate surface area is 181 Å². The van der Waals surface area contributed by atoms with Crippen LogP contribution in [0, 0.1) is 20.2 Å². The average molecular weight is 445 g/mol. The lowest BCUT2D eigenvalue weighted by Crippen LogP contribution is -2.15. The number of hydrogen-bond acceptors (Lipinski definition) is 10. The van der Waals surface area contributed by atoms with Crippen LogP contribution >= 0.6 is 0 Å². The number of non-ortho nitro benzene ring substituents is 1. The molecule has 12 nitrogen and oxygen atoms in total. The predicted octanol–water partition coefficient (Wildman–Crippen LogP) is 2.41. The first kappa shape index (κ1) is 26.7. The van der Waals surface area contributed by atoms with Crippen LogP contribution < -0.4 is 5.32 Å². The summed E-state index contributed by atoms with van der Waals surface area (Å²) in [6, 6.07) is 3.44. The van der Waals surface area contributed by atoms with Crippen LogP contribution in [0.5, 0.6) is 0 Å². The number of benzene rings is 1. The predicted molar refractivity (Wildman–Crippen MR) is 113 cm³/mol. The highest BCUT2D eigenvalue weighted by molar-refractivity contribution is 5.65. The number of nitrogens with zero attached hydrogens (tertiary/aromatic N) is 2. The molecule has 1 rings (SSSR count). The van der Waals surface area contributed by atoms with Gasteiger partial charge in [0.05, 0.1) is 81.5 Å². The van der Waals surface area contributed by atoms with Crippen molar-refractivity contribution in [2.45, 2.75) is 20.0 Å². The molecule has 31 heavy (non-hydrogen) atoms. The second-order valence-electron chi connectivity index (χ2n) is 6.51. The zero-order valence-electron chi connectivity index (χ0n) is 17.9. The fourth-order valence-electron chi connectivity index (χ4n) is 2.30. The van der Waals surface area contributed by atoms with Crippen molar-refractivity contribution in [3.05, 3.63) is 38.4 Å². The Morgan fingerprint density at radius 3 is 1.81 bits per heavy atom. The Bertz CT molecular complexity index is 659. The van der Waals surface area contributed by atoms with Crippen molar-refractivity contribution < 1.29 is 33.5 Å². The van der Waals surface area contributed by atoms with Gasteiger partial charge in [-0.3, -0.25) is 20.2 Å². The van der Waals surface area contributed by atoms with Crippen LogP contribution in [0.1, 0.15) is 13.8 Å². The van der Waals surface area contributed by atoms with Gasteiger partial charge in [0.15, 0.2) is 0 Å². The van der Waals surface area contributed by atoms with Gasteiger partial charge in [0.2, 0.25) is 0 Å². The lowest BCUT2D eigenvalue weighted by molar-refractivity contribution is -0.393. The van der Waals surface area contributed by atoms with Crippen LogP contribution in [-0.2, 0) is 23.7 Å². The fraction of sp³-hybridized carbons (Fsp3) is 0.684. The van der Waals surface area contributed by atoms with Crippen LogP contribution in [0.25, 0.3) is 0 Å². The third kappa shape index (κ3) is 12.8. The second kappa shape index (κ2) is 16.3. The smallest absolute Gasteiger partial charge is 0.299 e. The van der Waals surface area contributed by atoms with Crippen LogP contribution in [0.15, 0.2) is 18.2 Å². The fourth-order valence-corrected chi connectivity index (χ4v) is 2.30. The molecule has 176 valence electrons.